The van der Waals surface area contributed by atoms with E-state index < -0.39 is 12.6 Å². The van der Waals surface area contributed by atoms with Gasteiger partial charge >= 0.3 is 58.4 Å². The van der Waals surface area contributed by atoms with Gasteiger partial charge in [0.15, 0.2) is 0 Å². The molecule has 0 saturated carbocycles. The van der Waals surface area contributed by atoms with E-state index in [1.54, 1.807) is 0 Å². The molecule has 0 aliphatic rings. The molecule has 0 aliphatic heterocycles. The van der Waals surface area contributed by atoms with Crippen LogP contribution in [-0.4, -0.2) is 24.9 Å². The van der Waals surface area contributed by atoms with Crippen molar-refractivity contribution in [1.29, 1.82) is 0 Å². The van der Waals surface area contributed by atoms with Gasteiger partial charge in [0.05, 0.1) is 0 Å². The summed E-state index contributed by atoms with van der Waals surface area (Å²) in [6, 6.07) is 0. The van der Waals surface area contributed by atoms with E-state index in [9.17, 15) is 12.9 Å². The molecule has 0 aromatic heterocycles. The van der Waals surface area contributed by atoms with Gasteiger partial charge in [0, 0.05) is 12.3 Å². The Bertz CT molecular complexity index is 80.6. The molecule has 0 atom stereocenters. The van der Waals surface area contributed by atoms with E-state index in [4.69, 9.17) is 5.73 Å². The Balaban J connectivity index is 0. The van der Waals surface area contributed by atoms with Crippen LogP contribution in [-0.2, 0) is 0 Å². The second-order valence-electron chi connectivity index (χ2n) is 1.57. The van der Waals surface area contributed by atoms with E-state index in [-0.39, 0.29) is 51.4 Å². The number of hydrogen-bond acceptors (Lipinski definition) is 2. The Kier molecular flexibility index (Phi) is 10.7. The van der Waals surface area contributed by atoms with E-state index >= 15 is 0 Å². The van der Waals surface area contributed by atoms with E-state index in [1.165, 1.54) is 0 Å². The summed E-state index contributed by atoms with van der Waals surface area (Å²) in [5.41, 5.74) is 4.25. The molecule has 2 N–H and O–H groups in total. The first-order valence-corrected chi connectivity index (χ1v) is 3.70. The molecule has 0 amide bonds. The molecule has 0 aromatic rings. The fourth-order valence-corrected chi connectivity index (χ4v) is 0.901. The average molecular weight is 197 g/mol. The molecular formula is C3H8BF3KNS. The van der Waals surface area contributed by atoms with Crippen molar-refractivity contribution in [1.82, 2.24) is 0 Å². The van der Waals surface area contributed by atoms with Gasteiger partial charge in [0.2, 0.25) is 0 Å². The van der Waals surface area contributed by atoms with Gasteiger partial charge in [-0.2, -0.15) is 11.8 Å². The summed E-state index contributed by atoms with van der Waals surface area (Å²) >= 11 is 0.838. The zero-order valence-corrected chi connectivity index (χ0v) is 9.76. The predicted octanol–water partition coefficient (Wildman–Crippen LogP) is -1.93. The van der Waals surface area contributed by atoms with E-state index in [0.29, 0.717) is 12.3 Å². The molecule has 0 heterocycles. The molecule has 0 bridgehead atoms. The van der Waals surface area contributed by atoms with Gasteiger partial charge in [-0.15, -0.1) is 0 Å². The molecule has 0 rings (SSSR count). The monoisotopic (exact) mass is 197 g/mol. The zero-order chi connectivity index (χ0) is 7.33. The summed E-state index contributed by atoms with van der Waals surface area (Å²) in [5.74, 6) is 0.390. The van der Waals surface area contributed by atoms with Crippen LogP contribution in [0.25, 0.3) is 0 Å². The Hall–Kier alpha value is 1.80. The Morgan fingerprint density at radius 3 is 2.10 bits per heavy atom. The third-order valence-electron chi connectivity index (χ3n) is 0.569. The molecule has 0 aromatic carbocycles. The topological polar surface area (TPSA) is 26.0 Å². The van der Waals surface area contributed by atoms with Crippen LogP contribution in [0.15, 0.2) is 0 Å². The van der Waals surface area contributed by atoms with Crippen LogP contribution in [0.3, 0.4) is 0 Å². The van der Waals surface area contributed by atoms with Crippen LogP contribution < -0.4 is 57.1 Å². The summed E-state index contributed by atoms with van der Waals surface area (Å²) < 4.78 is 34.1. The van der Waals surface area contributed by atoms with Gasteiger partial charge in [-0.1, -0.05) is 0 Å². The summed E-state index contributed by atoms with van der Waals surface area (Å²) in [6.07, 6.45) is 0. The SMILES string of the molecule is NCCSC[B-](F)(F)F.[K+]. The summed E-state index contributed by atoms with van der Waals surface area (Å²) in [7, 11) is 0. The van der Waals surface area contributed by atoms with Gasteiger partial charge in [-0.25, -0.2) is 0 Å². The Morgan fingerprint density at radius 2 is 1.80 bits per heavy atom. The number of hydrogen-bond donors (Lipinski definition) is 1. The van der Waals surface area contributed by atoms with Crippen molar-refractivity contribution >= 4 is 18.7 Å². The number of thioether (sulfide) groups is 1. The van der Waals surface area contributed by atoms with Crippen molar-refractivity contribution in [3.63, 3.8) is 0 Å². The molecule has 0 saturated heterocycles. The minimum atomic E-state index is -4.60. The maximum absolute atomic E-state index is 11.4. The quantitative estimate of drug-likeness (QED) is 0.419. The minimum Gasteiger partial charge on any atom is -0.448 e. The molecule has 10 heavy (non-hydrogen) atoms. The van der Waals surface area contributed by atoms with Crippen LogP contribution in [0, 0.1) is 0 Å². The van der Waals surface area contributed by atoms with Gasteiger partial charge in [-0.05, 0) is 5.65 Å². The van der Waals surface area contributed by atoms with Crippen molar-refractivity contribution in [2.45, 2.75) is 0 Å². The van der Waals surface area contributed by atoms with Crippen molar-refractivity contribution < 1.29 is 64.3 Å². The molecular weight excluding hydrogens is 189 g/mol. The molecule has 0 spiro atoms. The minimum absolute atomic E-state index is 0. The van der Waals surface area contributed by atoms with Crippen LogP contribution in [0.1, 0.15) is 0 Å². The zero-order valence-electron chi connectivity index (χ0n) is 5.82. The number of nitrogens with two attached hydrogens (primary N) is 1. The third-order valence-corrected chi connectivity index (χ3v) is 1.71. The smallest absolute Gasteiger partial charge is 0.448 e. The Morgan fingerprint density at radius 1 is 1.30 bits per heavy atom. The van der Waals surface area contributed by atoms with Crippen LogP contribution in [0.4, 0.5) is 12.9 Å². The number of halogens is 3. The van der Waals surface area contributed by atoms with E-state index in [1.807, 2.05) is 0 Å². The standard InChI is InChI=1S/C3H8BF3NS.K/c5-4(6,7)3-9-2-1-8;/h1-3,8H2;/q-1;+1. The maximum atomic E-state index is 11.4. The molecule has 0 aliphatic carbocycles. The van der Waals surface area contributed by atoms with Gasteiger partial charge in [-0.3, -0.25) is 0 Å². The maximum Gasteiger partial charge on any atom is 1.00 e. The first kappa shape index (κ1) is 14.3. The van der Waals surface area contributed by atoms with Crippen molar-refractivity contribution in [2.24, 2.45) is 5.73 Å². The number of rotatable bonds is 4. The largest absolute Gasteiger partial charge is 1.00 e. The van der Waals surface area contributed by atoms with Gasteiger partial charge in [0.1, 0.15) is 0 Å². The van der Waals surface area contributed by atoms with Crippen LogP contribution in [0.2, 0.25) is 0 Å². The molecule has 0 fully saturated rings. The third kappa shape index (κ3) is 12.5. The summed E-state index contributed by atoms with van der Waals surface area (Å²) in [6.45, 7) is -4.29. The summed E-state index contributed by atoms with van der Waals surface area (Å²) in [4.78, 5) is 0. The molecule has 0 unspecified atom stereocenters. The van der Waals surface area contributed by atoms with E-state index in [2.05, 4.69) is 0 Å². The first-order valence-electron chi connectivity index (χ1n) is 2.55. The fraction of sp³-hybridized carbons (Fsp3) is 1.00. The second-order valence-corrected chi connectivity index (χ2v) is 2.72. The van der Waals surface area contributed by atoms with Crippen LogP contribution in [0.5, 0.6) is 0 Å². The van der Waals surface area contributed by atoms with Crippen molar-refractivity contribution in [3.05, 3.63) is 0 Å². The normalized spacial score (nSPS) is 10.8. The molecule has 1 nitrogen and oxygen atoms in total. The van der Waals surface area contributed by atoms with Gasteiger partial charge in [0.25, 0.3) is 0 Å². The first-order chi connectivity index (χ1) is 4.06. The fourth-order valence-electron chi connectivity index (χ4n) is 0.300. The average Bonchev–Trinajstić information content (AvgIpc) is 1.63. The van der Waals surface area contributed by atoms with Gasteiger partial charge < -0.3 is 18.7 Å². The van der Waals surface area contributed by atoms with E-state index in [0.717, 1.165) is 11.8 Å². The van der Waals surface area contributed by atoms with Crippen LogP contribution >= 0.6 is 11.8 Å². The second kappa shape index (κ2) is 7.45. The molecule has 0 radical (unpaired) electrons. The molecule has 56 valence electrons. The molecule has 7 heteroatoms. The summed E-state index contributed by atoms with van der Waals surface area (Å²) in [5, 5.41) is 0. The predicted molar refractivity (Wildman–Crippen MR) is 35.5 cm³/mol. The Labute approximate surface area is 105 Å². The van der Waals surface area contributed by atoms with Crippen molar-refractivity contribution in [3.8, 4) is 0 Å². The van der Waals surface area contributed by atoms with Crippen molar-refractivity contribution in [2.75, 3.05) is 17.9 Å².